The van der Waals surface area contributed by atoms with Gasteiger partial charge in [0, 0.05) is 17.0 Å². The van der Waals surface area contributed by atoms with Crippen LogP contribution in [-0.2, 0) is 6.42 Å². The van der Waals surface area contributed by atoms with E-state index < -0.39 is 0 Å². The van der Waals surface area contributed by atoms with Gasteiger partial charge in [-0.25, -0.2) is 9.97 Å². The van der Waals surface area contributed by atoms with Crippen molar-refractivity contribution < 1.29 is 4.74 Å². The third-order valence-corrected chi connectivity index (χ3v) is 3.91. The number of nitrogen functional groups attached to an aromatic ring is 1. The Balaban J connectivity index is 2.21. The second-order valence-electron chi connectivity index (χ2n) is 5.84. The molecule has 2 heterocycles. The molecule has 1 aromatic heterocycles. The maximum Gasteiger partial charge on any atom is 0.133 e. The van der Waals surface area contributed by atoms with E-state index in [1.807, 2.05) is 6.92 Å². The number of benzene rings is 1. The van der Waals surface area contributed by atoms with Gasteiger partial charge in [-0.1, -0.05) is 26.0 Å². The van der Waals surface area contributed by atoms with Crippen LogP contribution in [0.15, 0.2) is 18.2 Å². The van der Waals surface area contributed by atoms with Crippen molar-refractivity contribution in [2.45, 2.75) is 39.5 Å². The summed E-state index contributed by atoms with van der Waals surface area (Å²) in [5, 5.41) is 0. The molecule has 2 N–H and O–H groups in total. The molecule has 0 spiro atoms. The van der Waals surface area contributed by atoms with Gasteiger partial charge in [-0.2, -0.15) is 0 Å². The van der Waals surface area contributed by atoms with Crippen LogP contribution in [0.1, 0.15) is 43.1 Å². The van der Waals surface area contributed by atoms with Gasteiger partial charge in [0.1, 0.15) is 17.4 Å². The van der Waals surface area contributed by atoms with Crippen LogP contribution < -0.4 is 10.5 Å². The predicted molar refractivity (Wildman–Crippen MR) is 84.5 cm³/mol. The molecule has 2 aromatic rings. The Bertz CT molecular complexity index is 680. The summed E-state index contributed by atoms with van der Waals surface area (Å²) >= 11 is 0. The number of fused-ring (bicyclic) bond motifs is 1. The molecule has 3 rings (SSSR count). The Kier molecular flexibility index (Phi) is 3.53. The van der Waals surface area contributed by atoms with Crippen molar-refractivity contribution in [3.05, 3.63) is 35.2 Å². The van der Waals surface area contributed by atoms with Crippen LogP contribution >= 0.6 is 0 Å². The van der Waals surface area contributed by atoms with E-state index in [2.05, 4.69) is 37.0 Å². The van der Waals surface area contributed by atoms with Crippen molar-refractivity contribution in [2.24, 2.45) is 0 Å². The van der Waals surface area contributed by atoms with E-state index in [-0.39, 0.29) is 5.92 Å². The van der Waals surface area contributed by atoms with E-state index in [0.717, 1.165) is 47.8 Å². The first-order valence-corrected chi connectivity index (χ1v) is 7.47. The third kappa shape index (κ3) is 2.46. The molecule has 0 saturated carbocycles. The molecule has 0 fully saturated rings. The summed E-state index contributed by atoms with van der Waals surface area (Å²) in [5.41, 5.74) is 10.2. The topological polar surface area (TPSA) is 61.0 Å². The van der Waals surface area contributed by atoms with Crippen molar-refractivity contribution >= 4 is 5.82 Å². The minimum Gasteiger partial charge on any atom is -0.493 e. The average molecular weight is 283 g/mol. The molecule has 1 aliphatic rings. The molecule has 0 bridgehead atoms. The monoisotopic (exact) mass is 283 g/mol. The molecule has 4 nitrogen and oxygen atoms in total. The van der Waals surface area contributed by atoms with Crippen molar-refractivity contribution in [1.29, 1.82) is 0 Å². The minimum atomic E-state index is 0.243. The minimum absolute atomic E-state index is 0.243. The lowest BCUT2D eigenvalue weighted by Crippen LogP contribution is -2.11. The molecule has 0 unspecified atom stereocenters. The highest BCUT2D eigenvalue weighted by atomic mass is 16.5. The highest BCUT2D eigenvalue weighted by Crippen LogP contribution is 2.37. The highest BCUT2D eigenvalue weighted by Gasteiger charge is 2.20. The summed E-state index contributed by atoms with van der Waals surface area (Å²) in [4.78, 5) is 9.14. The fraction of sp³-hybridized carbons (Fsp3) is 0.412. The molecule has 0 saturated heterocycles. The maximum atomic E-state index is 6.08. The van der Waals surface area contributed by atoms with Gasteiger partial charge in [0.25, 0.3) is 0 Å². The zero-order valence-corrected chi connectivity index (χ0v) is 12.8. The molecule has 1 aromatic carbocycles. The summed E-state index contributed by atoms with van der Waals surface area (Å²) in [6.07, 6.45) is 2.12. The average Bonchev–Trinajstić information content (AvgIpc) is 2.49. The van der Waals surface area contributed by atoms with Crippen LogP contribution in [0, 0.1) is 6.92 Å². The zero-order valence-electron chi connectivity index (χ0n) is 12.8. The highest BCUT2D eigenvalue weighted by molar-refractivity contribution is 5.74. The summed E-state index contributed by atoms with van der Waals surface area (Å²) < 4.78 is 5.90. The number of ether oxygens (including phenoxy) is 1. The first kappa shape index (κ1) is 13.9. The molecule has 4 heteroatoms. The van der Waals surface area contributed by atoms with Crippen molar-refractivity contribution in [2.75, 3.05) is 12.3 Å². The second kappa shape index (κ2) is 5.35. The van der Waals surface area contributed by atoms with Gasteiger partial charge in [0.2, 0.25) is 0 Å². The number of rotatable bonds is 2. The number of aryl methyl sites for hydroxylation is 1. The first-order chi connectivity index (χ1) is 10.1. The molecule has 21 heavy (non-hydrogen) atoms. The quantitative estimate of drug-likeness (QED) is 0.916. The first-order valence-electron chi connectivity index (χ1n) is 7.47. The summed E-state index contributed by atoms with van der Waals surface area (Å²) in [5.74, 6) is 2.53. The van der Waals surface area contributed by atoms with Crippen molar-refractivity contribution in [1.82, 2.24) is 9.97 Å². The number of hydrogen-bond donors (Lipinski definition) is 1. The number of anilines is 1. The normalized spacial score (nSPS) is 13.9. The van der Waals surface area contributed by atoms with Crippen LogP contribution in [0.2, 0.25) is 0 Å². The Hall–Kier alpha value is -2.10. The van der Waals surface area contributed by atoms with Crippen LogP contribution in [0.5, 0.6) is 5.75 Å². The summed E-state index contributed by atoms with van der Waals surface area (Å²) in [6.45, 7) is 6.88. The van der Waals surface area contributed by atoms with Crippen LogP contribution in [0.3, 0.4) is 0 Å². The Labute approximate surface area is 125 Å². The smallest absolute Gasteiger partial charge is 0.133 e. The SMILES string of the molecule is Cc1c(N)nc(C(C)C)nc1-c1cccc2c1OCCC2. The number of aromatic nitrogens is 2. The second-order valence-corrected chi connectivity index (χ2v) is 5.84. The summed E-state index contributed by atoms with van der Waals surface area (Å²) in [6, 6.07) is 6.25. The van der Waals surface area contributed by atoms with Gasteiger partial charge >= 0.3 is 0 Å². The molecular formula is C17H21N3O. The number of para-hydroxylation sites is 1. The number of nitrogens with two attached hydrogens (primary N) is 1. The zero-order chi connectivity index (χ0) is 15.0. The molecule has 0 radical (unpaired) electrons. The van der Waals surface area contributed by atoms with Crippen LogP contribution in [0.4, 0.5) is 5.82 Å². The lowest BCUT2D eigenvalue weighted by molar-refractivity contribution is 0.289. The van der Waals surface area contributed by atoms with E-state index in [1.54, 1.807) is 0 Å². The Morgan fingerprint density at radius 1 is 1.24 bits per heavy atom. The number of nitrogens with zero attached hydrogens (tertiary/aromatic N) is 2. The van der Waals surface area contributed by atoms with E-state index in [1.165, 1.54) is 5.56 Å². The lowest BCUT2D eigenvalue weighted by Gasteiger charge is -2.21. The van der Waals surface area contributed by atoms with Gasteiger partial charge in [0.15, 0.2) is 0 Å². The van der Waals surface area contributed by atoms with Crippen molar-refractivity contribution in [3.63, 3.8) is 0 Å². The maximum absolute atomic E-state index is 6.08. The van der Waals surface area contributed by atoms with E-state index >= 15 is 0 Å². The fourth-order valence-electron chi connectivity index (χ4n) is 2.65. The van der Waals surface area contributed by atoms with Gasteiger partial charge in [-0.3, -0.25) is 0 Å². The molecular weight excluding hydrogens is 262 g/mol. The third-order valence-electron chi connectivity index (χ3n) is 3.91. The number of hydrogen-bond acceptors (Lipinski definition) is 4. The predicted octanol–water partition coefficient (Wildman–Crippen LogP) is 3.48. The van der Waals surface area contributed by atoms with Gasteiger partial charge in [-0.15, -0.1) is 0 Å². The molecule has 0 amide bonds. The Morgan fingerprint density at radius 3 is 2.81 bits per heavy atom. The molecule has 110 valence electrons. The van der Waals surface area contributed by atoms with Gasteiger partial charge in [0.05, 0.1) is 12.3 Å². The van der Waals surface area contributed by atoms with E-state index in [9.17, 15) is 0 Å². The van der Waals surface area contributed by atoms with Crippen LogP contribution in [0.25, 0.3) is 11.3 Å². The van der Waals surface area contributed by atoms with Crippen molar-refractivity contribution in [3.8, 4) is 17.0 Å². The van der Waals surface area contributed by atoms with E-state index in [4.69, 9.17) is 15.5 Å². The molecule has 1 aliphatic heterocycles. The van der Waals surface area contributed by atoms with E-state index in [0.29, 0.717) is 5.82 Å². The largest absolute Gasteiger partial charge is 0.493 e. The van der Waals surface area contributed by atoms with Gasteiger partial charge in [-0.05, 0) is 31.4 Å². The lowest BCUT2D eigenvalue weighted by atomic mass is 9.98. The fourth-order valence-corrected chi connectivity index (χ4v) is 2.65. The Morgan fingerprint density at radius 2 is 2.05 bits per heavy atom. The van der Waals surface area contributed by atoms with Gasteiger partial charge < -0.3 is 10.5 Å². The van der Waals surface area contributed by atoms with Crippen LogP contribution in [-0.4, -0.2) is 16.6 Å². The summed E-state index contributed by atoms with van der Waals surface area (Å²) in [7, 11) is 0. The standard InChI is InChI=1S/C17H21N3O/c1-10(2)17-19-14(11(3)16(18)20-17)13-8-4-6-12-7-5-9-21-15(12)13/h4,6,8,10H,5,7,9H2,1-3H3,(H2,18,19,20). The molecule has 0 aliphatic carbocycles. The molecule has 0 atom stereocenters.